The molecule has 3 rings (SSSR count). The fourth-order valence-corrected chi connectivity index (χ4v) is 2.84. The number of imidazole rings is 1. The number of nitriles is 1. The largest absolute Gasteiger partial charge is 0.481 e. The third kappa shape index (κ3) is 3.55. The monoisotopic (exact) mass is 339 g/mol. The summed E-state index contributed by atoms with van der Waals surface area (Å²) in [6, 6.07) is 14.5. The number of halogens is 1. The number of hydrogen-bond acceptors (Lipinski definition) is 3. The van der Waals surface area contributed by atoms with Crippen molar-refractivity contribution < 1.29 is 9.90 Å². The van der Waals surface area contributed by atoms with Crippen LogP contribution >= 0.6 is 11.6 Å². The fourth-order valence-electron chi connectivity index (χ4n) is 2.71. The molecule has 6 heteroatoms. The van der Waals surface area contributed by atoms with Gasteiger partial charge in [0.05, 0.1) is 29.1 Å². The van der Waals surface area contributed by atoms with Crippen LogP contribution in [0.3, 0.4) is 0 Å². The Morgan fingerprint density at radius 3 is 2.71 bits per heavy atom. The van der Waals surface area contributed by atoms with Gasteiger partial charge in [0.25, 0.3) is 0 Å². The molecule has 1 atom stereocenters. The maximum absolute atomic E-state index is 11.2. The van der Waals surface area contributed by atoms with Gasteiger partial charge in [-0.3, -0.25) is 4.79 Å². The van der Waals surface area contributed by atoms with Gasteiger partial charge in [-0.05, 0) is 35.9 Å². The van der Waals surface area contributed by atoms with Gasteiger partial charge in [-0.15, -0.1) is 0 Å². The van der Waals surface area contributed by atoms with Gasteiger partial charge < -0.3 is 10.1 Å². The maximum Gasteiger partial charge on any atom is 0.303 e. The first-order chi connectivity index (χ1) is 11.5. The number of rotatable bonds is 5. The predicted octanol–water partition coefficient (Wildman–Crippen LogP) is 3.89. The van der Waals surface area contributed by atoms with Crippen LogP contribution in [-0.2, 0) is 11.2 Å². The highest BCUT2D eigenvalue weighted by molar-refractivity contribution is 6.30. The van der Waals surface area contributed by atoms with Gasteiger partial charge in [0.1, 0.15) is 5.82 Å². The molecule has 1 aromatic heterocycles. The van der Waals surface area contributed by atoms with Crippen molar-refractivity contribution in [2.24, 2.45) is 0 Å². The summed E-state index contributed by atoms with van der Waals surface area (Å²) in [6.07, 6.45) is 0.465. The summed E-state index contributed by atoms with van der Waals surface area (Å²) in [6.45, 7) is 0. The maximum atomic E-state index is 11.2. The van der Waals surface area contributed by atoms with E-state index in [4.69, 9.17) is 16.9 Å². The highest BCUT2D eigenvalue weighted by Crippen LogP contribution is 2.26. The number of aromatic nitrogens is 2. The van der Waals surface area contributed by atoms with Crippen LogP contribution in [0.1, 0.15) is 29.3 Å². The van der Waals surface area contributed by atoms with E-state index in [9.17, 15) is 9.90 Å². The van der Waals surface area contributed by atoms with Crippen LogP contribution in [0.25, 0.3) is 11.0 Å². The molecule has 5 nitrogen and oxygen atoms in total. The van der Waals surface area contributed by atoms with Gasteiger partial charge in [0, 0.05) is 17.4 Å². The molecule has 3 aromatic rings. The average Bonchev–Trinajstić information content (AvgIpc) is 2.95. The number of carbonyl (C=O) groups is 1. The zero-order chi connectivity index (χ0) is 17.1. The van der Waals surface area contributed by atoms with E-state index in [1.807, 2.05) is 12.1 Å². The summed E-state index contributed by atoms with van der Waals surface area (Å²) >= 11 is 5.90. The first-order valence-corrected chi connectivity index (χ1v) is 7.79. The van der Waals surface area contributed by atoms with Gasteiger partial charge >= 0.3 is 5.97 Å². The van der Waals surface area contributed by atoms with Gasteiger partial charge in [0.2, 0.25) is 0 Å². The van der Waals surface area contributed by atoms with Crippen LogP contribution < -0.4 is 0 Å². The summed E-state index contributed by atoms with van der Waals surface area (Å²) in [5.41, 5.74) is 2.98. The van der Waals surface area contributed by atoms with Crippen LogP contribution in [0.15, 0.2) is 42.5 Å². The Balaban J connectivity index is 1.90. The van der Waals surface area contributed by atoms with Crippen LogP contribution in [0.5, 0.6) is 0 Å². The van der Waals surface area contributed by atoms with Crippen molar-refractivity contribution in [1.29, 1.82) is 5.26 Å². The van der Waals surface area contributed by atoms with Crippen molar-refractivity contribution in [3.8, 4) is 6.07 Å². The van der Waals surface area contributed by atoms with E-state index in [2.05, 4.69) is 16.0 Å². The number of benzene rings is 2. The number of carboxylic acids is 1. The molecule has 1 unspecified atom stereocenters. The first kappa shape index (κ1) is 16.0. The number of hydrogen-bond donors (Lipinski definition) is 2. The standard InChI is InChI=1S/C18H14ClN3O2/c19-14-4-2-12(3-5-14)13(9-18(23)24)8-17-21-15-6-1-11(10-20)7-16(15)22-17/h1-7,13H,8-9H2,(H,21,22)(H,23,24). The van der Waals surface area contributed by atoms with Crippen LogP contribution in [0.2, 0.25) is 5.02 Å². The Labute approximate surface area is 143 Å². The van der Waals surface area contributed by atoms with Crippen molar-refractivity contribution in [1.82, 2.24) is 9.97 Å². The Kier molecular flexibility index (Phi) is 4.50. The molecule has 0 aliphatic heterocycles. The van der Waals surface area contributed by atoms with E-state index in [1.54, 1.807) is 30.3 Å². The van der Waals surface area contributed by atoms with Crippen molar-refractivity contribution in [2.45, 2.75) is 18.8 Å². The summed E-state index contributed by atoms with van der Waals surface area (Å²) in [5, 5.41) is 18.8. The summed E-state index contributed by atoms with van der Waals surface area (Å²) in [4.78, 5) is 18.9. The van der Waals surface area contributed by atoms with E-state index in [1.165, 1.54) is 0 Å². The second kappa shape index (κ2) is 6.73. The molecule has 120 valence electrons. The number of H-pyrrole nitrogens is 1. The van der Waals surface area contributed by atoms with Crippen molar-refractivity contribution >= 4 is 28.6 Å². The molecule has 2 aromatic carbocycles. The Hall–Kier alpha value is -2.84. The number of aliphatic carboxylic acids is 1. The van der Waals surface area contributed by atoms with Crippen molar-refractivity contribution in [2.75, 3.05) is 0 Å². The minimum Gasteiger partial charge on any atom is -0.481 e. The summed E-state index contributed by atoms with van der Waals surface area (Å²) in [7, 11) is 0. The van der Waals surface area contributed by atoms with Gasteiger partial charge in [-0.1, -0.05) is 23.7 Å². The van der Waals surface area contributed by atoms with Crippen molar-refractivity contribution in [3.05, 3.63) is 64.4 Å². The smallest absolute Gasteiger partial charge is 0.303 e. The Morgan fingerprint density at radius 2 is 2.04 bits per heavy atom. The molecule has 1 heterocycles. The first-order valence-electron chi connectivity index (χ1n) is 7.41. The number of nitrogens with one attached hydrogen (secondary N) is 1. The number of aromatic amines is 1. The average molecular weight is 340 g/mol. The molecule has 0 fully saturated rings. The second-order valence-electron chi connectivity index (χ2n) is 5.58. The Bertz CT molecular complexity index is 926. The van der Waals surface area contributed by atoms with E-state index < -0.39 is 5.97 Å². The van der Waals surface area contributed by atoms with E-state index in [0.29, 0.717) is 28.3 Å². The minimum absolute atomic E-state index is 0.00211. The third-order valence-electron chi connectivity index (χ3n) is 3.86. The predicted molar refractivity (Wildman–Crippen MR) is 91.0 cm³/mol. The van der Waals surface area contributed by atoms with Crippen LogP contribution in [0.4, 0.5) is 0 Å². The minimum atomic E-state index is -0.863. The van der Waals surface area contributed by atoms with Crippen LogP contribution in [0, 0.1) is 11.3 Å². The van der Waals surface area contributed by atoms with E-state index in [-0.39, 0.29) is 12.3 Å². The lowest BCUT2D eigenvalue weighted by Gasteiger charge is -2.14. The molecular weight excluding hydrogens is 326 g/mol. The van der Waals surface area contributed by atoms with Gasteiger partial charge in [0.15, 0.2) is 0 Å². The zero-order valence-corrected chi connectivity index (χ0v) is 13.4. The highest BCUT2D eigenvalue weighted by Gasteiger charge is 2.18. The topological polar surface area (TPSA) is 89.8 Å². The molecule has 0 radical (unpaired) electrons. The molecule has 0 amide bonds. The zero-order valence-electron chi connectivity index (χ0n) is 12.7. The molecule has 0 spiro atoms. The molecule has 0 aliphatic rings. The molecule has 2 N–H and O–H groups in total. The van der Waals surface area contributed by atoms with E-state index in [0.717, 1.165) is 11.1 Å². The SMILES string of the molecule is N#Cc1ccc2[nH]c(CC(CC(=O)O)c3ccc(Cl)cc3)nc2c1. The number of carboxylic acid groups (broad SMARTS) is 1. The quantitative estimate of drug-likeness (QED) is 0.737. The molecule has 0 bridgehead atoms. The molecule has 0 saturated carbocycles. The van der Waals surface area contributed by atoms with Gasteiger partial charge in [-0.2, -0.15) is 5.26 Å². The second-order valence-corrected chi connectivity index (χ2v) is 6.01. The molecular formula is C18H14ClN3O2. The Morgan fingerprint density at radius 1 is 1.29 bits per heavy atom. The lowest BCUT2D eigenvalue weighted by molar-refractivity contribution is -0.137. The molecule has 24 heavy (non-hydrogen) atoms. The van der Waals surface area contributed by atoms with Gasteiger partial charge in [-0.25, -0.2) is 4.98 Å². The van der Waals surface area contributed by atoms with Crippen LogP contribution in [-0.4, -0.2) is 21.0 Å². The fraction of sp³-hybridized carbons (Fsp3) is 0.167. The third-order valence-corrected chi connectivity index (χ3v) is 4.12. The number of nitrogens with zero attached hydrogens (tertiary/aromatic N) is 2. The van der Waals surface area contributed by atoms with Crippen molar-refractivity contribution in [3.63, 3.8) is 0 Å². The molecule has 0 aliphatic carbocycles. The number of fused-ring (bicyclic) bond motifs is 1. The normalized spacial score (nSPS) is 12.0. The summed E-state index contributed by atoms with van der Waals surface area (Å²) < 4.78 is 0. The molecule has 0 saturated heterocycles. The summed E-state index contributed by atoms with van der Waals surface area (Å²) in [5.74, 6) is -0.380. The lowest BCUT2D eigenvalue weighted by atomic mass is 9.92. The van der Waals surface area contributed by atoms with E-state index >= 15 is 0 Å². The lowest BCUT2D eigenvalue weighted by Crippen LogP contribution is -2.10. The highest BCUT2D eigenvalue weighted by atomic mass is 35.5.